The Hall–Kier alpha value is -4.33. The van der Waals surface area contributed by atoms with E-state index in [2.05, 4.69) is 5.32 Å². The molecule has 1 amide bonds. The lowest BCUT2D eigenvalue weighted by atomic mass is 10.0. The topological polar surface area (TPSA) is 111 Å². The molecule has 0 radical (unpaired) electrons. The van der Waals surface area contributed by atoms with E-state index in [1.54, 1.807) is 18.2 Å². The lowest BCUT2D eigenvalue weighted by Crippen LogP contribution is -2.35. The van der Waals surface area contributed by atoms with E-state index in [0.717, 1.165) is 5.56 Å². The Morgan fingerprint density at radius 3 is 2.18 bits per heavy atom. The minimum absolute atomic E-state index is 0.0753. The van der Waals surface area contributed by atoms with Crippen molar-refractivity contribution in [1.29, 1.82) is 0 Å². The molecule has 0 aromatic heterocycles. The fraction of sp³-hybridized carbons (Fsp3) is 0.160. The highest BCUT2D eigenvalue weighted by Gasteiger charge is 2.27. The van der Waals surface area contributed by atoms with Crippen molar-refractivity contribution in [2.45, 2.75) is 12.6 Å². The standard InChI is InChI=1S/C25H23NO7/c1-31-21-14-17(12-13-20(21)33-15-16-8-4-3-5-9-16)22(25(30)32-2)26-23(27)18-10-6-7-11-19(18)24(28)29/h3-14,22H,15H2,1-2H3,(H,26,27)(H,28,29). The van der Waals surface area contributed by atoms with Gasteiger partial charge in [0.05, 0.1) is 25.3 Å². The van der Waals surface area contributed by atoms with Crippen molar-refractivity contribution in [3.8, 4) is 11.5 Å². The number of aromatic carboxylic acids is 1. The molecule has 0 spiro atoms. The van der Waals surface area contributed by atoms with Crippen molar-refractivity contribution >= 4 is 17.8 Å². The molecule has 3 rings (SSSR count). The van der Waals surface area contributed by atoms with Crippen LogP contribution in [0, 0.1) is 0 Å². The summed E-state index contributed by atoms with van der Waals surface area (Å²) in [4.78, 5) is 36.7. The Kier molecular flexibility index (Phi) is 7.64. The van der Waals surface area contributed by atoms with Crippen LogP contribution < -0.4 is 14.8 Å². The number of nitrogens with one attached hydrogen (secondary N) is 1. The van der Waals surface area contributed by atoms with Gasteiger partial charge in [-0.15, -0.1) is 0 Å². The van der Waals surface area contributed by atoms with Crippen molar-refractivity contribution < 1.29 is 33.7 Å². The number of carboxylic acid groups (broad SMARTS) is 1. The first kappa shape index (κ1) is 23.3. The van der Waals surface area contributed by atoms with Crippen LogP contribution in [0.4, 0.5) is 0 Å². The van der Waals surface area contributed by atoms with E-state index in [4.69, 9.17) is 14.2 Å². The van der Waals surface area contributed by atoms with E-state index in [9.17, 15) is 19.5 Å². The van der Waals surface area contributed by atoms with Crippen LogP contribution in [0.1, 0.15) is 37.9 Å². The van der Waals surface area contributed by atoms with Crippen LogP contribution in [0.3, 0.4) is 0 Å². The van der Waals surface area contributed by atoms with Gasteiger partial charge < -0.3 is 24.6 Å². The zero-order chi connectivity index (χ0) is 23.8. The van der Waals surface area contributed by atoms with E-state index in [1.165, 1.54) is 38.5 Å². The van der Waals surface area contributed by atoms with Gasteiger partial charge in [0.2, 0.25) is 0 Å². The van der Waals surface area contributed by atoms with Crippen LogP contribution in [0.5, 0.6) is 11.5 Å². The van der Waals surface area contributed by atoms with Crippen molar-refractivity contribution in [1.82, 2.24) is 5.32 Å². The first-order chi connectivity index (χ1) is 15.9. The van der Waals surface area contributed by atoms with E-state index in [1.807, 2.05) is 30.3 Å². The number of hydrogen-bond acceptors (Lipinski definition) is 6. The summed E-state index contributed by atoms with van der Waals surface area (Å²) in [6.45, 7) is 0.319. The molecule has 0 fully saturated rings. The maximum absolute atomic E-state index is 12.8. The van der Waals surface area contributed by atoms with Gasteiger partial charge in [-0.05, 0) is 35.4 Å². The lowest BCUT2D eigenvalue weighted by molar-refractivity contribution is -0.143. The SMILES string of the molecule is COC(=O)C(NC(=O)c1ccccc1C(=O)O)c1ccc(OCc2ccccc2)c(OC)c1. The van der Waals surface area contributed by atoms with E-state index in [-0.39, 0.29) is 11.1 Å². The van der Waals surface area contributed by atoms with Crippen LogP contribution in [0.2, 0.25) is 0 Å². The highest BCUT2D eigenvalue weighted by molar-refractivity contribution is 6.05. The molecule has 0 aliphatic rings. The molecule has 0 heterocycles. The largest absolute Gasteiger partial charge is 0.493 e. The summed E-state index contributed by atoms with van der Waals surface area (Å²) < 4.78 is 16.1. The number of methoxy groups -OCH3 is 2. The summed E-state index contributed by atoms with van der Waals surface area (Å²) in [6, 6.07) is 18.9. The number of esters is 1. The van der Waals surface area contributed by atoms with E-state index < -0.39 is 23.9 Å². The molecular weight excluding hydrogens is 426 g/mol. The van der Waals surface area contributed by atoms with Crippen molar-refractivity contribution in [3.05, 3.63) is 95.1 Å². The summed E-state index contributed by atoms with van der Waals surface area (Å²) in [7, 11) is 2.66. The highest BCUT2D eigenvalue weighted by Crippen LogP contribution is 2.31. The number of rotatable bonds is 9. The molecule has 170 valence electrons. The van der Waals surface area contributed by atoms with Crippen LogP contribution in [-0.2, 0) is 16.1 Å². The average Bonchev–Trinajstić information content (AvgIpc) is 2.85. The lowest BCUT2D eigenvalue weighted by Gasteiger charge is -2.19. The molecule has 3 aromatic carbocycles. The normalized spacial score (nSPS) is 11.2. The zero-order valence-corrected chi connectivity index (χ0v) is 18.1. The van der Waals surface area contributed by atoms with E-state index >= 15 is 0 Å². The number of carbonyl (C=O) groups is 3. The first-order valence-electron chi connectivity index (χ1n) is 10.00. The number of carboxylic acids is 1. The summed E-state index contributed by atoms with van der Waals surface area (Å²) >= 11 is 0. The predicted octanol–water partition coefficient (Wildman–Crippen LogP) is 3.62. The molecule has 2 N–H and O–H groups in total. The second-order valence-electron chi connectivity index (χ2n) is 6.96. The monoisotopic (exact) mass is 449 g/mol. The molecule has 33 heavy (non-hydrogen) atoms. The van der Waals surface area contributed by atoms with Gasteiger partial charge in [-0.3, -0.25) is 4.79 Å². The molecular formula is C25H23NO7. The Bertz CT molecular complexity index is 1140. The predicted molar refractivity (Wildman–Crippen MR) is 119 cm³/mol. The maximum atomic E-state index is 12.8. The molecule has 0 aliphatic heterocycles. The van der Waals surface area contributed by atoms with Gasteiger partial charge in [0, 0.05) is 0 Å². The smallest absolute Gasteiger partial charge is 0.336 e. The van der Waals surface area contributed by atoms with Gasteiger partial charge in [-0.1, -0.05) is 48.5 Å². The Labute approximate surface area is 190 Å². The summed E-state index contributed by atoms with van der Waals surface area (Å²) in [6.07, 6.45) is 0. The van der Waals surface area contributed by atoms with Crippen LogP contribution >= 0.6 is 0 Å². The number of amides is 1. The quantitative estimate of drug-likeness (QED) is 0.480. The molecule has 8 nitrogen and oxygen atoms in total. The number of hydrogen-bond donors (Lipinski definition) is 2. The van der Waals surface area contributed by atoms with Gasteiger partial charge >= 0.3 is 11.9 Å². The van der Waals surface area contributed by atoms with Gasteiger partial charge in [0.25, 0.3) is 5.91 Å². The second-order valence-corrected chi connectivity index (χ2v) is 6.96. The summed E-state index contributed by atoms with van der Waals surface area (Å²) in [5, 5.41) is 11.9. The van der Waals surface area contributed by atoms with Crippen LogP contribution in [-0.4, -0.2) is 37.2 Å². The third-order valence-electron chi connectivity index (χ3n) is 4.87. The molecule has 8 heteroatoms. The molecule has 1 atom stereocenters. The van der Waals surface area contributed by atoms with Gasteiger partial charge in [0.1, 0.15) is 6.61 Å². The molecule has 0 saturated carbocycles. The third kappa shape index (κ3) is 5.68. The minimum atomic E-state index is -1.25. The van der Waals surface area contributed by atoms with Crippen LogP contribution in [0.15, 0.2) is 72.8 Å². The fourth-order valence-corrected chi connectivity index (χ4v) is 3.19. The minimum Gasteiger partial charge on any atom is -0.493 e. The Morgan fingerprint density at radius 2 is 1.55 bits per heavy atom. The second kappa shape index (κ2) is 10.8. The first-order valence-corrected chi connectivity index (χ1v) is 10.00. The van der Waals surface area contributed by atoms with Crippen LogP contribution in [0.25, 0.3) is 0 Å². The fourth-order valence-electron chi connectivity index (χ4n) is 3.19. The average molecular weight is 449 g/mol. The Balaban J connectivity index is 1.86. The van der Waals surface area contributed by atoms with Crippen molar-refractivity contribution in [3.63, 3.8) is 0 Å². The number of benzene rings is 3. The molecule has 0 aliphatic carbocycles. The molecule has 0 bridgehead atoms. The zero-order valence-electron chi connectivity index (χ0n) is 18.1. The highest BCUT2D eigenvalue weighted by atomic mass is 16.5. The molecule has 1 unspecified atom stereocenters. The maximum Gasteiger partial charge on any atom is 0.336 e. The van der Waals surface area contributed by atoms with Crippen molar-refractivity contribution in [2.75, 3.05) is 14.2 Å². The Morgan fingerprint density at radius 1 is 0.879 bits per heavy atom. The van der Waals surface area contributed by atoms with Gasteiger partial charge in [-0.2, -0.15) is 0 Å². The number of carbonyl (C=O) groups excluding carboxylic acids is 2. The number of ether oxygens (including phenoxy) is 3. The van der Waals surface area contributed by atoms with Crippen molar-refractivity contribution in [2.24, 2.45) is 0 Å². The van der Waals surface area contributed by atoms with E-state index in [0.29, 0.717) is 23.7 Å². The van der Waals surface area contributed by atoms with Gasteiger partial charge in [-0.25, -0.2) is 9.59 Å². The third-order valence-corrected chi connectivity index (χ3v) is 4.87. The summed E-state index contributed by atoms with van der Waals surface area (Å²) in [5.74, 6) is -1.89. The molecule has 0 saturated heterocycles. The molecule has 3 aromatic rings. The van der Waals surface area contributed by atoms with Gasteiger partial charge in [0.15, 0.2) is 17.5 Å². The summed E-state index contributed by atoms with van der Waals surface area (Å²) in [5.41, 5.74) is 1.10.